The highest BCUT2D eigenvalue weighted by atomic mass is 35.5. The summed E-state index contributed by atoms with van der Waals surface area (Å²) in [6.07, 6.45) is 0. The van der Waals surface area contributed by atoms with E-state index in [-0.39, 0.29) is 11.8 Å². The maximum Gasteiger partial charge on any atom is 0.261 e. The van der Waals surface area contributed by atoms with Gasteiger partial charge in [0, 0.05) is 24.0 Å². The minimum absolute atomic E-state index is 0.125. The monoisotopic (exact) mass is 452 g/mol. The van der Waals surface area contributed by atoms with Crippen molar-refractivity contribution in [2.45, 2.75) is 20.4 Å². The fourth-order valence-corrected chi connectivity index (χ4v) is 4.61. The van der Waals surface area contributed by atoms with Crippen LogP contribution in [0.15, 0.2) is 54.6 Å². The quantitative estimate of drug-likeness (QED) is 0.444. The van der Waals surface area contributed by atoms with Gasteiger partial charge in [-0.15, -0.1) is 11.3 Å². The molecular weight excluding hydrogens is 432 g/mol. The lowest BCUT2D eigenvalue weighted by molar-refractivity contribution is 0.0949. The van der Waals surface area contributed by atoms with Crippen LogP contribution < -0.4 is 10.6 Å². The Hall–Kier alpha value is -3.16. The van der Waals surface area contributed by atoms with Gasteiger partial charge in [-0.25, -0.2) is 4.68 Å². The number of nitrogens with one attached hydrogen (secondary N) is 2. The lowest BCUT2D eigenvalue weighted by Gasteiger charge is -2.07. The Bertz CT molecular complexity index is 1280. The van der Waals surface area contributed by atoms with E-state index in [4.69, 9.17) is 11.6 Å². The summed E-state index contributed by atoms with van der Waals surface area (Å²) in [6.45, 7) is 4.68. The van der Waals surface area contributed by atoms with E-state index in [2.05, 4.69) is 15.7 Å². The molecule has 0 bridgehead atoms. The smallest absolute Gasteiger partial charge is 0.261 e. The topological polar surface area (TPSA) is 76.0 Å². The number of hydrogen-bond acceptors (Lipinski definition) is 4. The molecule has 0 spiro atoms. The average Bonchev–Trinajstić information content (AvgIpc) is 3.34. The number of thiophene rings is 1. The second kappa shape index (κ2) is 8.91. The van der Waals surface area contributed by atoms with Crippen LogP contribution in [-0.4, -0.2) is 28.1 Å². The maximum atomic E-state index is 12.8. The van der Waals surface area contributed by atoms with Gasteiger partial charge in [0.2, 0.25) is 0 Å². The zero-order chi connectivity index (χ0) is 22.0. The third-order valence-electron chi connectivity index (χ3n) is 4.83. The lowest BCUT2D eigenvalue weighted by Crippen LogP contribution is -2.24. The van der Waals surface area contributed by atoms with E-state index in [1.165, 1.54) is 11.3 Å². The molecule has 0 fully saturated rings. The number of fused-ring (bicyclic) bond motifs is 1. The number of aromatic nitrogens is 2. The molecule has 2 amide bonds. The molecule has 2 N–H and O–H groups in total. The molecule has 158 valence electrons. The zero-order valence-corrected chi connectivity index (χ0v) is 18.7. The van der Waals surface area contributed by atoms with Crippen molar-refractivity contribution in [1.29, 1.82) is 0 Å². The van der Waals surface area contributed by atoms with Gasteiger partial charge in [-0.1, -0.05) is 35.9 Å². The number of para-hydroxylation sites is 1. The van der Waals surface area contributed by atoms with Crippen LogP contribution in [0, 0.1) is 6.92 Å². The molecule has 0 radical (unpaired) electrons. The van der Waals surface area contributed by atoms with Crippen molar-refractivity contribution >= 4 is 45.0 Å². The van der Waals surface area contributed by atoms with Crippen molar-refractivity contribution in [1.82, 2.24) is 20.4 Å². The van der Waals surface area contributed by atoms with Gasteiger partial charge in [0.25, 0.3) is 11.8 Å². The molecule has 8 heteroatoms. The van der Waals surface area contributed by atoms with E-state index in [0.29, 0.717) is 28.6 Å². The summed E-state index contributed by atoms with van der Waals surface area (Å²) in [5.74, 6) is -0.297. The first-order valence-corrected chi connectivity index (χ1v) is 11.1. The van der Waals surface area contributed by atoms with Gasteiger partial charge < -0.3 is 10.6 Å². The first-order valence-electron chi connectivity index (χ1n) is 9.87. The first-order chi connectivity index (χ1) is 15.0. The predicted molar refractivity (Wildman–Crippen MR) is 124 cm³/mol. The highest BCUT2D eigenvalue weighted by Crippen LogP contribution is 2.32. The minimum Gasteiger partial charge on any atom is -0.352 e. The standard InChI is InChI=1S/C23H21ClN4O2S/c1-3-25-21(29)16-8-6-7-15(11-16)13-26-22(30)20-12-17-14(2)27-28(23(17)31-20)19-10-5-4-9-18(19)24/h4-12H,3,13H2,1-2H3,(H,25,29)(H,26,30). The Kier molecular flexibility index (Phi) is 6.06. The second-order valence-electron chi connectivity index (χ2n) is 7.02. The van der Waals surface area contributed by atoms with Crippen LogP contribution in [0.3, 0.4) is 0 Å². The number of carbonyl (C=O) groups excluding carboxylic acids is 2. The van der Waals surface area contributed by atoms with Crippen molar-refractivity contribution in [2.75, 3.05) is 6.54 Å². The second-order valence-corrected chi connectivity index (χ2v) is 8.46. The van der Waals surface area contributed by atoms with Gasteiger partial charge in [0.05, 0.1) is 21.3 Å². The molecule has 0 aliphatic rings. The van der Waals surface area contributed by atoms with Gasteiger partial charge in [0.1, 0.15) is 4.83 Å². The number of rotatable bonds is 6. The maximum absolute atomic E-state index is 12.8. The van der Waals surface area contributed by atoms with Crippen molar-refractivity contribution < 1.29 is 9.59 Å². The number of benzene rings is 2. The summed E-state index contributed by atoms with van der Waals surface area (Å²) < 4.78 is 1.78. The van der Waals surface area contributed by atoms with Crippen LogP contribution in [0.25, 0.3) is 15.9 Å². The van der Waals surface area contributed by atoms with Gasteiger partial charge in [-0.2, -0.15) is 5.10 Å². The number of nitrogens with zero attached hydrogens (tertiary/aromatic N) is 2. The number of hydrogen-bond donors (Lipinski definition) is 2. The summed E-state index contributed by atoms with van der Waals surface area (Å²) in [6, 6.07) is 16.6. The Morgan fingerprint density at radius 1 is 1.06 bits per heavy atom. The molecule has 0 saturated heterocycles. The Balaban J connectivity index is 1.54. The predicted octanol–water partition coefficient (Wildman–Crippen LogP) is 4.73. The Labute approximate surface area is 188 Å². The van der Waals surface area contributed by atoms with Gasteiger partial charge in [-0.3, -0.25) is 9.59 Å². The zero-order valence-electron chi connectivity index (χ0n) is 17.1. The van der Waals surface area contributed by atoms with E-state index in [1.54, 1.807) is 16.8 Å². The number of carbonyl (C=O) groups is 2. The molecule has 2 aromatic heterocycles. The van der Waals surface area contributed by atoms with E-state index in [0.717, 1.165) is 27.2 Å². The molecular formula is C23H21ClN4O2S. The molecule has 0 unspecified atom stereocenters. The average molecular weight is 453 g/mol. The van der Waals surface area contributed by atoms with Crippen molar-refractivity contribution in [3.05, 3.63) is 81.3 Å². The van der Waals surface area contributed by atoms with E-state index in [1.807, 2.05) is 56.3 Å². The highest BCUT2D eigenvalue weighted by Gasteiger charge is 2.18. The third-order valence-corrected chi connectivity index (χ3v) is 6.26. The fraction of sp³-hybridized carbons (Fsp3) is 0.174. The van der Waals surface area contributed by atoms with Gasteiger partial charge in [-0.05, 0) is 49.7 Å². The molecule has 4 rings (SSSR count). The summed E-state index contributed by atoms with van der Waals surface area (Å²) in [5.41, 5.74) is 3.04. The van der Waals surface area contributed by atoms with Gasteiger partial charge >= 0.3 is 0 Å². The Morgan fingerprint density at radius 2 is 1.87 bits per heavy atom. The van der Waals surface area contributed by atoms with Crippen LogP contribution in [-0.2, 0) is 6.54 Å². The van der Waals surface area contributed by atoms with Crippen LogP contribution >= 0.6 is 22.9 Å². The first kappa shape index (κ1) is 21.1. The summed E-state index contributed by atoms with van der Waals surface area (Å²) in [5, 5.41) is 11.8. The van der Waals surface area contributed by atoms with E-state index < -0.39 is 0 Å². The molecule has 31 heavy (non-hydrogen) atoms. The number of aryl methyl sites for hydroxylation is 1. The lowest BCUT2D eigenvalue weighted by atomic mass is 10.1. The third kappa shape index (κ3) is 4.33. The van der Waals surface area contributed by atoms with Crippen LogP contribution in [0.1, 0.15) is 38.2 Å². The molecule has 0 saturated carbocycles. The van der Waals surface area contributed by atoms with Crippen LogP contribution in [0.2, 0.25) is 5.02 Å². The highest BCUT2D eigenvalue weighted by molar-refractivity contribution is 7.20. The SMILES string of the molecule is CCNC(=O)c1cccc(CNC(=O)c2cc3c(C)nn(-c4ccccc4Cl)c3s2)c1. The minimum atomic E-state index is -0.172. The molecule has 0 aliphatic carbocycles. The molecule has 2 aromatic carbocycles. The fourth-order valence-electron chi connectivity index (χ4n) is 3.30. The summed E-state index contributed by atoms with van der Waals surface area (Å²) in [4.78, 5) is 26.3. The van der Waals surface area contributed by atoms with Gasteiger partial charge in [0.15, 0.2) is 0 Å². The molecule has 4 aromatic rings. The Morgan fingerprint density at radius 3 is 2.65 bits per heavy atom. The normalized spacial score (nSPS) is 10.9. The summed E-state index contributed by atoms with van der Waals surface area (Å²) >= 11 is 7.72. The molecule has 0 atom stereocenters. The number of halogens is 1. The molecule has 6 nitrogen and oxygen atoms in total. The van der Waals surface area contributed by atoms with Crippen molar-refractivity contribution in [3.8, 4) is 5.69 Å². The summed E-state index contributed by atoms with van der Waals surface area (Å²) in [7, 11) is 0. The van der Waals surface area contributed by atoms with Crippen LogP contribution in [0.4, 0.5) is 0 Å². The van der Waals surface area contributed by atoms with E-state index in [9.17, 15) is 9.59 Å². The van der Waals surface area contributed by atoms with E-state index >= 15 is 0 Å². The molecule has 0 aliphatic heterocycles. The van der Waals surface area contributed by atoms with Crippen molar-refractivity contribution in [3.63, 3.8) is 0 Å². The largest absolute Gasteiger partial charge is 0.352 e. The number of amides is 2. The van der Waals surface area contributed by atoms with Crippen molar-refractivity contribution in [2.24, 2.45) is 0 Å². The van der Waals surface area contributed by atoms with Crippen LogP contribution in [0.5, 0.6) is 0 Å². The molecule has 2 heterocycles.